The molecule has 0 saturated carbocycles. The molecule has 3 heteroatoms. The van der Waals surface area contributed by atoms with E-state index in [9.17, 15) is 11.0 Å². The molecule has 0 aliphatic carbocycles. The molecular formula is C48H31N3. The Labute approximate surface area is 319 Å². The van der Waals surface area contributed by atoms with Crippen LogP contribution in [0.4, 0.5) is 0 Å². The molecule has 0 bridgehead atoms. The van der Waals surface area contributed by atoms with Crippen LogP contribution in [-0.2, 0) is 0 Å². The lowest BCUT2D eigenvalue weighted by molar-refractivity contribution is 1.16. The van der Waals surface area contributed by atoms with Crippen LogP contribution in [0.2, 0.25) is 0 Å². The highest BCUT2D eigenvalue weighted by Gasteiger charge is 2.19. The number of nitrogens with zero attached hydrogens (tertiary/aromatic N) is 3. The van der Waals surface area contributed by atoms with E-state index in [4.69, 9.17) is 13.7 Å². The molecule has 51 heavy (non-hydrogen) atoms. The summed E-state index contributed by atoms with van der Waals surface area (Å²) in [6.07, 6.45) is 0. The van der Waals surface area contributed by atoms with Gasteiger partial charge in [0, 0.05) is 49.4 Å². The number of para-hydroxylation sites is 4. The van der Waals surface area contributed by atoms with Crippen LogP contribution in [0.3, 0.4) is 0 Å². The minimum Gasteiger partial charge on any atom is -0.309 e. The van der Waals surface area contributed by atoms with Gasteiger partial charge >= 0.3 is 0 Å². The van der Waals surface area contributed by atoms with Crippen molar-refractivity contribution in [2.75, 3.05) is 0 Å². The minimum absolute atomic E-state index is 0.0962. The summed E-state index contributed by atoms with van der Waals surface area (Å²) >= 11 is 0. The van der Waals surface area contributed by atoms with E-state index in [0.29, 0.717) is 16.6 Å². The van der Waals surface area contributed by atoms with Gasteiger partial charge in [0.2, 0.25) is 0 Å². The largest absolute Gasteiger partial charge is 0.309 e. The predicted molar refractivity (Wildman–Crippen MR) is 215 cm³/mol. The highest BCUT2D eigenvalue weighted by molar-refractivity contribution is 6.14. The van der Waals surface area contributed by atoms with Crippen molar-refractivity contribution in [3.05, 3.63) is 188 Å². The molecule has 0 aliphatic heterocycles. The molecule has 8 aromatic carbocycles. The molecule has 0 aliphatic rings. The lowest BCUT2D eigenvalue weighted by Crippen LogP contribution is -1.96. The second-order valence-corrected chi connectivity index (χ2v) is 12.0. The van der Waals surface area contributed by atoms with Gasteiger partial charge in [0.15, 0.2) is 0 Å². The van der Waals surface area contributed by atoms with Gasteiger partial charge in [-0.15, -0.1) is 0 Å². The van der Waals surface area contributed by atoms with Gasteiger partial charge < -0.3 is 13.7 Å². The fourth-order valence-corrected chi connectivity index (χ4v) is 7.04. The molecule has 3 nitrogen and oxygen atoms in total. The molecule has 0 spiro atoms. The molecule has 0 atom stereocenters. The van der Waals surface area contributed by atoms with Crippen LogP contribution in [0, 0.1) is 0 Å². The topological polar surface area (TPSA) is 14.8 Å². The van der Waals surface area contributed by atoms with Gasteiger partial charge in [0.1, 0.15) is 0 Å². The molecular weight excluding hydrogens is 619 g/mol. The molecule has 3 heterocycles. The monoisotopic (exact) mass is 667 g/mol. The molecule has 11 aromatic rings. The second-order valence-electron chi connectivity index (χ2n) is 12.0. The normalized spacial score (nSPS) is 16.9. The third-order valence-corrected chi connectivity index (χ3v) is 9.21. The summed E-state index contributed by atoms with van der Waals surface area (Å²) in [6.45, 7) is 0. The Morgan fingerprint density at radius 3 is 1.35 bits per heavy atom. The van der Waals surface area contributed by atoms with Crippen molar-refractivity contribution in [1.82, 2.24) is 13.7 Å². The van der Waals surface area contributed by atoms with Crippen molar-refractivity contribution in [2.24, 2.45) is 0 Å². The summed E-state index contributed by atoms with van der Waals surface area (Å²) < 4.78 is 171. The fourth-order valence-electron chi connectivity index (χ4n) is 7.04. The molecule has 0 saturated heterocycles. The van der Waals surface area contributed by atoms with Crippen molar-refractivity contribution in [3.8, 4) is 28.2 Å². The highest BCUT2D eigenvalue weighted by atomic mass is 15.0. The second kappa shape index (κ2) is 10.8. The first kappa shape index (κ1) is 15.8. The number of aromatic nitrogens is 3. The third-order valence-electron chi connectivity index (χ3n) is 9.21. The molecule has 0 amide bonds. The summed E-state index contributed by atoms with van der Waals surface area (Å²) in [5, 5.41) is 0.196. The smallest absolute Gasteiger partial charge is 0.0652 e. The van der Waals surface area contributed by atoms with E-state index in [1.807, 2.05) is 24.3 Å². The molecule has 0 unspecified atom stereocenters. The Kier molecular flexibility index (Phi) is 3.36. The van der Waals surface area contributed by atoms with Crippen molar-refractivity contribution >= 4 is 65.4 Å². The van der Waals surface area contributed by atoms with Crippen molar-refractivity contribution in [1.29, 1.82) is 0 Å². The van der Waals surface area contributed by atoms with Crippen LogP contribution in [0.5, 0.6) is 0 Å². The van der Waals surface area contributed by atoms with Crippen LogP contribution in [0.25, 0.3) is 93.6 Å². The van der Waals surface area contributed by atoms with E-state index in [1.165, 1.54) is 0 Å². The van der Waals surface area contributed by atoms with E-state index in [1.54, 1.807) is 59.2 Å². The Hall–Kier alpha value is -6.84. The Morgan fingerprint density at radius 2 is 0.765 bits per heavy atom. The first-order valence-electron chi connectivity index (χ1n) is 25.1. The first-order valence-corrected chi connectivity index (χ1v) is 16.1. The lowest BCUT2D eigenvalue weighted by Gasteiger charge is -2.12. The van der Waals surface area contributed by atoms with Crippen molar-refractivity contribution < 1.29 is 24.7 Å². The molecule has 11 rings (SSSR count). The van der Waals surface area contributed by atoms with E-state index in [-0.39, 0.29) is 38.3 Å². The first-order chi connectivity index (χ1) is 32.8. The Bertz CT molecular complexity index is 4040. The molecule has 0 N–H and O–H groups in total. The van der Waals surface area contributed by atoms with Gasteiger partial charge in [-0.1, -0.05) is 115 Å². The van der Waals surface area contributed by atoms with Crippen molar-refractivity contribution in [3.63, 3.8) is 0 Å². The maximum absolute atomic E-state index is 10.2. The standard InChI is InChI=1S/C48H31N3/c1-2-13-32(14-3-1)33-15-12-16-34(29-33)49-47-27-25-35(50-43-21-8-4-17-37(43)38-18-5-9-22-44(38)50)30-41(47)42-31-36(26-28-48(42)49)51-45-23-10-6-19-39(45)40-20-7-11-24-46(40)51/h1-31H/i4D,5D,8D,9D,12D,15D,16D,17D,18D,21D,22D,25D,26D,27D,28D,29D,30D,31D. The zero-order chi connectivity index (χ0) is 49.1. The predicted octanol–water partition coefficient (Wildman–Crippen LogP) is 12.6. The van der Waals surface area contributed by atoms with Crippen LogP contribution >= 0.6 is 0 Å². The minimum atomic E-state index is -0.827. The number of rotatable bonds is 4. The average molecular weight is 668 g/mol. The summed E-state index contributed by atoms with van der Waals surface area (Å²) in [5.74, 6) is 0. The number of hydrogen-bond acceptors (Lipinski definition) is 0. The molecule has 0 fully saturated rings. The highest BCUT2D eigenvalue weighted by Crippen LogP contribution is 2.39. The van der Waals surface area contributed by atoms with E-state index in [0.717, 1.165) is 19.9 Å². The molecule has 0 radical (unpaired) electrons. The fraction of sp³-hybridized carbons (Fsp3) is 0. The van der Waals surface area contributed by atoms with Gasteiger partial charge in [-0.3, -0.25) is 0 Å². The molecule has 3 aromatic heterocycles. The van der Waals surface area contributed by atoms with E-state index in [2.05, 4.69) is 0 Å². The lowest BCUT2D eigenvalue weighted by atomic mass is 10.1. The van der Waals surface area contributed by atoms with Gasteiger partial charge in [-0.2, -0.15) is 0 Å². The number of hydrogen-bond donors (Lipinski definition) is 0. The summed E-state index contributed by atoms with van der Waals surface area (Å²) in [5.41, 5.74) is -1.47. The Balaban J connectivity index is 1.43. The van der Waals surface area contributed by atoms with Gasteiger partial charge in [-0.05, 0) is 83.7 Å². The van der Waals surface area contributed by atoms with Gasteiger partial charge in [-0.25, -0.2) is 0 Å². The SMILES string of the molecule is [2H]c1c([2H])c(-c2ccccc2)c([2H])c(-n2c3c([2H])c([2H])c(-n4c5ccccc5c5ccccc54)c([2H])c3c3c([2H])c(-n4c5c([2H])c([2H])c([2H])c([2H])c5c5c([2H])c([2H])c([2H])c([2H])c54)c([2H])c([2H])c32)c1[2H]. The van der Waals surface area contributed by atoms with Crippen molar-refractivity contribution in [2.45, 2.75) is 0 Å². The third kappa shape index (κ3) is 4.12. The maximum atomic E-state index is 10.2. The van der Waals surface area contributed by atoms with Crippen LogP contribution in [-0.4, -0.2) is 13.7 Å². The Morgan fingerprint density at radius 1 is 0.294 bits per heavy atom. The zero-order valence-corrected chi connectivity index (χ0v) is 26.3. The maximum Gasteiger partial charge on any atom is 0.0652 e. The number of benzene rings is 8. The summed E-state index contributed by atoms with van der Waals surface area (Å²) in [4.78, 5) is 0. The van der Waals surface area contributed by atoms with Crippen LogP contribution < -0.4 is 0 Å². The van der Waals surface area contributed by atoms with E-state index < -0.39 is 137 Å². The zero-order valence-electron chi connectivity index (χ0n) is 44.3. The summed E-state index contributed by atoms with van der Waals surface area (Å²) in [7, 11) is 0. The molecule has 238 valence electrons. The summed E-state index contributed by atoms with van der Waals surface area (Å²) in [6, 6.07) is 10.8. The van der Waals surface area contributed by atoms with Gasteiger partial charge in [0.25, 0.3) is 0 Å². The van der Waals surface area contributed by atoms with Crippen LogP contribution in [0.1, 0.15) is 24.7 Å². The average Bonchev–Trinajstić information content (AvgIpc) is 4.00. The van der Waals surface area contributed by atoms with Crippen LogP contribution in [0.15, 0.2) is 188 Å². The quantitative estimate of drug-likeness (QED) is 0.177. The van der Waals surface area contributed by atoms with Gasteiger partial charge in [0.05, 0.1) is 57.8 Å². The number of fused-ring (bicyclic) bond motifs is 9. The van der Waals surface area contributed by atoms with E-state index >= 15 is 0 Å².